The number of hydrogen-bond donors (Lipinski definition) is 4. The molecule has 106 valence electrons. The van der Waals surface area contributed by atoms with Crippen molar-refractivity contribution in [3.8, 4) is 0 Å². The van der Waals surface area contributed by atoms with E-state index in [1.54, 1.807) is 0 Å². The predicted molar refractivity (Wildman–Crippen MR) is 75.7 cm³/mol. The number of carboxylic acid groups (broad SMARTS) is 2. The van der Waals surface area contributed by atoms with Crippen LogP contribution in [0.4, 0.5) is 0 Å². The summed E-state index contributed by atoms with van der Waals surface area (Å²) in [6.07, 6.45) is -2.79. The predicted octanol–water partition coefficient (Wildman–Crippen LogP) is -4.58. The van der Waals surface area contributed by atoms with Crippen LogP contribution in [0.2, 0.25) is 0 Å². The van der Waals surface area contributed by atoms with E-state index < -0.39 is 46.7 Å². The Hall–Kier alpha value is 2.28. The first-order valence-electron chi connectivity index (χ1n) is 3.83. The molecule has 0 aromatic rings. The van der Waals surface area contributed by atoms with Gasteiger partial charge in [0.2, 0.25) is 0 Å². The van der Waals surface area contributed by atoms with Gasteiger partial charge in [0.25, 0.3) is 0 Å². The summed E-state index contributed by atoms with van der Waals surface area (Å²) in [5.41, 5.74) is -3.02. The molecule has 0 bridgehead atoms. The molecule has 10 nitrogen and oxygen atoms in total. The van der Waals surface area contributed by atoms with Gasteiger partial charge in [-0.1, -0.05) is 0 Å². The second-order valence-corrected chi connectivity index (χ2v) is 3.99. The van der Waals surface area contributed by atoms with Crippen LogP contribution in [-0.2, 0) is 29.0 Å². The molecule has 0 radical (unpaired) electrons. The summed E-state index contributed by atoms with van der Waals surface area (Å²) >= 11 is 0. The first-order valence-corrected chi connectivity index (χ1v) is 5.20. The number of aliphatic hydroxyl groups is 1. The van der Waals surface area contributed by atoms with Crippen molar-refractivity contribution in [1.82, 2.24) is 0 Å². The SMILES string of the molecule is O=C(O)CC(O)(CC(=O)OS(=O)(=O)O)C(=O)O.[NaH].[NaH].[NaH].[NaH]. The molecule has 1 unspecified atom stereocenters. The normalized spacial score (nSPS) is 11.9. The fourth-order valence-electron chi connectivity index (χ4n) is 0.850. The van der Waals surface area contributed by atoms with Gasteiger partial charge in [-0.3, -0.25) is 14.1 Å². The topological polar surface area (TPSA) is 175 Å². The number of hydrogen-bond acceptors (Lipinski definition) is 7. The van der Waals surface area contributed by atoms with Crippen molar-refractivity contribution in [2.75, 3.05) is 0 Å². The molecule has 0 saturated carbocycles. The van der Waals surface area contributed by atoms with Gasteiger partial charge in [-0.05, 0) is 0 Å². The number of aliphatic carboxylic acids is 2. The summed E-state index contributed by atoms with van der Waals surface area (Å²) in [7, 11) is -5.15. The van der Waals surface area contributed by atoms with Gasteiger partial charge in [-0.25, -0.2) is 4.79 Å². The Labute approximate surface area is 208 Å². The van der Waals surface area contributed by atoms with E-state index in [9.17, 15) is 27.9 Å². The first-order chi connectivity index (χ1) is 7.46. The van der Waals surface area contributed by atoms with Crippen LogP contribution in [0.1, 0.15) is 12.8 Å². The molecule has 21 heavy (non-hydrogen) atoms. The Morgan fingerprint density at radius 3 is 1.57 bits per heavy atom. The standard InChI is InChI=1S/C6H8O10S.4Na.4H/c7-3(8)1-6(12,5(10)11)2-4(9)16-17(13,14)15;;;;;;;;/h12H,1-2H2,(H,7,8)(H,10,11)(H,13,14,15);;;;;;;;. The maximum atomic E-state index is 10.8. The molecule has 0 aromatic carbocycles. The minimum absolute atomic E-state index is 0. The summed E-state index contributed by atoms with van der Waals surface area (Å²) in [5, 5.41) is 26.1. The summed E-state index contributed by atoms with van der Waals surface area (Å²) in [6.45, 7) is 0. The molecule has 0 rings (SSSR count). The van der Waals surface area contributed by atoms with Crippen molar-refractivity contribution in [1.29, 1.82) is 0 Å². The Morgan fingerprint density at radius 1 is 0.952 bits per heavy atom. The maximum absolute atomic E-state index is 10.8. The van der Waals surface area contributed by atoms with Crippen LogP contribution in [0.25, 0.3) is 0 Å². The monoisotopic (exact) mass is 368 g/mol. The van der Waals surface area contributed by atoms with Crippen LogP contribution < -0.4 is 0 Å². The summed E-state index contributed by atoms with van der Waals surface area (Å²) in [4.78, 5) is 31.6. The van der Waals surface area contributed by atoms with Gasteiger partial charge in [-0.15, -0.1) is 0 Å². The average Bonchev–Trinajstić information content (AvgIpc) is 1.96. The van der Waals surface area contributed by atoms with Crippen molar-refractivity contribution in [3.05, 3.63) is 0 Å². The second-order valence-electron chi connectivity index (χ2n) is 2.97. The zero-order chi connectivity index (χ0) is 13.9. The molecular formula is C6H12Na4O10S. The quantitative estimate of drug-likeness (QED) is 0.264. The number of carbonyl (C=O) groups is 3. The number of carboxylic acids is 2. The van der Waals surface area contributed by atoms with Crippen LogP contribution in [0.3, 0.4) is 0 Å². The zero-order valence-corrected chi connectivity index (χ0v) is 8.88. The zero-order valence-electron chi connectivity index (χ0n) is 8.06. The molecule has 0 spiro atoms. The van der Waals surface area contributed by atoms with E-state index >= 15 is 0 Å². The van der Waals surface area contributed by atoms with Crippen LogP contribution in [-0.4, -0.2) is 170 Å². The third-order valence-corrected chi connectivity index (χ3v) is 1.87. The van der Waals surface area contributed by atoms with E-state index in [4.69, 9.17) is 14.8 Å². The van der Waals surface area contributed by atoms with Gasteiger partial charge >= 0.3 is 147 Å². The third kappa shape index (κ3) is 16.9. The van der Waals surface area contributed by atoms with E-state index in [-0.39, 0.29) is 118 Å². The molecule has 0 amide bonds. The van der Waals surface area contributed by atoms with Gasteiger partial charge < -0.3 is 19.5 Å². The molecule has 0 heterocycles. The van der Waals surface area contributed by atoms with E-state index in [1.807, 2.05) is 0 Å². The van der Waals surface area contributed by atoms with Crippen molar-refractivity contribution < 1.29 is 46.9 Å². The van der Waals surface area contributed by atoms with Gasteiger partial charge in [0.15, 0.2) is 5.60 Å². The van der Waals surface area contributed by atoms with E-state index in [1.165, 1.54) is 0 Å². The summed E-state index contributed by atoms with van der Waals surface area (Å²) in [5.74, 6) is -5.58. The molecule has 0 aromatic heterocycles. The number of rotatable bonds is 6. The van der Waals surface area contributed by atoms with Crippen LogP contribution in [0.5, 0.6) is 0 Å². The van der Waals surface area contributed by atoms with Crippen molar-refractivity contribution in [3.63, 3.8) is 0 Å². The van der Waals surface area contributed by atoms with E-state index in [0.29, 0.717) is 0 Å². The summed E-state index contributed by atoms with van der Waals surface area (Å²) < 4.78 is 31.6. The Kier molecular flexibility index (Phi) is 24.1. The minimum atomic E-state index is -5.15. The average molecular weight is 368 g/mol. The third-order valence-electron chi connectivity index (χ3n) is 1.48. The van der Waals surface area contributed by atoms with Gasteiger partial charge in [-0.2, -0.15) is 8.42 Å². The Balaban J connectivity index is -0.000000213. The molecule has 0 aliphatic carbocycles. The number of carbonyl (C=O) groups excluding carboxylic acids is 1. The summed E-state index contributed by atoms with van der Waals surface area (Å²) in [6, 6.07) is 0. The van der Waals surface area contributed by atoms with Crippen molar-refractivity contribution in [2.24, 2.45) is 0 Å². The van der Waals surface area contributed by atoms with Gasteiger partial charge in [0.05, 0.1) is 12.8 Å². The van der Waals surface area contributed by atoms with Crippen molar-refractivity contribution in [2.45, 2.75) is 18.4 Å². The van der Waals surface area contributed by atoms with Gasteiger partial charge in [0.1, 0.15) is 0 Å². The molecule has 4 N–H and O–H groups in total. The molecule has 0 aliphatic rings. The van der Waals surface area contributed by atoms with Crippen molar-refractivity contribution >= 4 is 147 Å². The molecule has 0 aliphatic heterocycles. The molecular weight excluding hydrogens is 356 g/mol. The molecule has 15 heteroatoms. The Bertz CT molecular complexity index is 450. The molecule has 0 fully saturated rings. The first kappa shape index (κ1) is 34.6. The van der Waals surface area contributed by atoms with Crippen LogP contribution in [0, 0.1) is 0 Å². The van der Waals surface area contributed by atoms with Crippen LogP contribution >= 0.6 is 0 Å². The fraction of sp³-hybridized carbons (Fsp3) is 0.500. The Morgan fingerprint density at radius 2 is 1.33 bits per heavy atom. The van der Waals surface area contributed by atoms with Gasteiger partial charge in [0, 0.05) is 0 Å². The second kappa shape index (κ2) is 14.6. The fourth-order valence-corrected chi connectivity index (χ4v) is 1.14. The molecule has 0 saturated heterocycles. The van der Waals surface area contributed by atoms with E-state index in [0.717, 1.165) is 0 Å². The van der Waals surface area contributed by atoms with Crippen LogP contribution in [0.15, 0.2) is 0 Å². The molecule has 1 atom stereocenters. The van der Waals surface area contributed by atoms with E-state index in [2.05, 4.69) is 4.18 Å².